The van der Waals surface area contributed by atoms with E-state index in [1.165, 1.54) is 43.7 Å². The predicted molar refractivity (Wildman–Crippen MR) is 93.6 cm³/mol. The van der Waals surface area contributed by atoms with Crippen molar-refractivity contribution in [3.63, 3.8) is 0 Å². The van der Waals surface area contributed by atoms with Crippen molar-refractivity contribution < 1.29 is 27.8 Å². The van der Waals surface area contributed by atoms with Crippen molar-refractivity contribution in [2.75, 3.05) is 19.1 Å². The molecule has 144 valence electrons. The number of nitrogens with zero attached hydrogens (tertiary/aromatic N) is 2. The van der Waals surface area contributed by atoms with Crippen molar-refractivity contribution >= 4 is 17.9 Å². The number of benzene rings is 1. The number of aromatic nitrogens is 2. The minimum atomic E-state index is -2.96. The molecule has 0 spiro atoms. The van der Waals surface area contributed by atoms with E-state index in [2.05, 4.69) is 25.6 Å². The molecule has 10 heteroatoms. The number of amides is 1. The molecule has 0 bridgehead atoms. The second-order valence-corrected chi connectivity index (χ2v) is 4.89. The van der Waals surface area contributed by atoms with Gasteiger partial charge in [-0.2, -0.15) is 13.8 Å². The maximum atomic E-state index is 12.4. The van der Waals surface area contributed by atoms with E-state index in [1.54, 1.807) is 13.0 Å². The zero-order chi connectivity index (χ0) is 19.6. The molecule has 0 saturated heterocycles. The highest BCUT2D eigenvalue weighted by Gasteiger charge is 2.11. The highest BCUT2D eigenvalue weighted by atomic mass is 19.3. The summed E-state index contributed by atoms with van der Waals surface area (Å²) in [7, 11) is 1.46. The first-order valence-corrected chi connectivity index (χ1v) is 7.84. The molecule has 1 aromatic carbocycles. The first-order valence-electron chi connectivity index (χ1n) is 7.84. The van der Waals surface area contributed by atoms with Crippen LogP contribution in [0.1, 0.15) is 12.5 Å². The molecule has 8 nitrogen and oxygen atoms in total. The molecule has 1 heterocycles. The molecule has 0 aliphatic carbocycles. The smallest absolute Gasteiger partial charge is 0.387 e. The van der Waals surface area contributed by atoms with Crippen LogP contribution in [0.2, 0.25) is 0 Å². The summed E-state index contributed by atoms with van der Waals surface area (Å²) in [6, 6.07) is 5.91. The van der Waals surface area contributed by atoms with Crippen LogP contribution in [0.3, 0.4) is 0 Å². The number of methoxy groups -OCH3 is 1. The van der Waals surface area contributed by atoms with E-state index in [9.17, 15) is 13.6 Å². The SMILES string of the molecule is CCOc1cc(/C=C/C(=O)NNc2nccc(OC)n2)ccc1OC(F)F. The Morgan fingerprint density at radius 2 is 2.11 bits per heavy atom. The molecule has 0 saturated carbocycles. The maximum Gasteiger partial charge on any atom is 0.387 e. The Morgan fingerprint density at radius 1 is 1.30 bits per heavy atom. The lowest BCUT2D eigenvalue weighted by Crippen LogP contribution is -2.28. The lowest BCUT2D eigenvalue weighted by molar-refractivity contribution is -0.116. The Balaban J connectivity index is 1.99. The number of nitrogens with one attached hydrogen (secondary N) is 2. The predicted octanol–water partition coefficient (Wildman–Crippen LogP) is 2.64. The number of ether oxygens (including phenoxy) is 3. The second kappa shape index (κ2) is 9.90. The average molecular weight is 380 g/mol. The summed E-state index contributed by atoms with van der Waals surface area (Å²) >= 11 is 0. The normalized spacial score (nSPS) is 10.7. The molecule has 0 unspecified atom stereocenters. The highest BCUT2D eigenvalue weighted by molar-refractivity contribution is 5.92. The van der Waals surface area contributed by atoms with Crippen molar-refractivity contribution in [3.8, 4) is 17.4 Å². The van der Waals surface area contributed by atoms with Crippen molar-refractivity contribution in [1.82, 2.24) is 15.4 Å². The lowest BCUT2D eigenvalue weighted by Gasteiger charge is -2.11. The number of hydrogen-bond donors (Lipinski definition) is 2. The zero-order valence-electron chi connectivity index (χ0n) is 14.6. The fourth-order valence-electron chi connectivity index (χ4n) is 1.94. The van der Waals surface area contributed by atoms with E-state index >= 15 is 0 Å². The van der Waals surface area contributed by atoms with Gasteiger partial charge in [0.15, 0.2) is 11.5 Å². The van der Waals surface area contributed by atoms with Crippen molar-refractivity contribution in [2.24, 2.45) is 0 Å². The van der Waals surface area contributed by atoms with Crippen LogP contribution in [0.15, 0.2) is 36.5 Å². The van der Waals surface area contributed by atoms with Gasteiger partial charge in [-0.15, -0.1) is 0 Å². The Labute approximate surface area is 154 Å². The van der Waals surface area contributed by atoms with Crippen LogP contribution < -0.4 is 25.1 Å². The van der Waals surface area contributed by atoms with Crippen LogP contribution in [0.5, 0.6) is 17.4 Å². The number of alkyl halides is 2. The number of carbonyl (C=O) groups excluding carboxylic acids is 1. The summed E-state index contributed by atoms with van der Waals surface area (Å²) in [4.78, 5) is 19.7. The van der Waals surface area contributed by atoms with Crippen LogP contribution in [-0.2, 0) is 4.79 Å². The van der Waals surface area contributed by atoms with Gasteiger partial charge in [-0.1, -0.05) is 6.07 Å². The minimum Gasteiger partial charge on any atom is -0.490 e. The van der Waals surface area contributed by atoms with Gasteiger partial charge in [0.25, 0.3) is 5.91 Å². The van der Waals surface area contributed by atoms with Gasteiger partial charge in [0, 0.05) is 18.3 Å². The van der Waals surface area contributed by atoms with E-state index in [4.69, 9.17) is 9.47 Å². The molecule has 2 aromatic rings. The molecule has 1 amide bonds. The third kappa shape index (κ3) is 6.42. The van der Waals surface area contributed by atoms with Crippen LogP contribution in [0, 0.1) is 0 Å². The van der Waals surface area contributed by atoms with E-state index < -0.39 is 12.5 Å². The fraction of sp³-hybridized carbons (Fsp3) is 0.235. The fourth-order valence-corrected chi connectivity index (χ4v) is 1.94. The minimum absolute atomic E-state index is 0.0784. The number of halogens is 2. The van der Waals surface area contributed by atoms with E-state index in [0.717, 1.165) is 0 Å². The molecular formula is C17H18F2N4O4. The van der Waals surface area contributed by atoms with Crippen molar-refractivity contribution in [2.45, 2.75) is 13.5 Å². The van der Waals surface area contributed by atoms with Gasteiger partial charge in [0.1, 0.15) is 0 Å². The summed E-state index contributed by atoms with van der Waals surface area (Å²) < 4.78 is 39.4. The van der Waals surface area contributed by atoms with E-state index in [0.29, 0.717) is 11.4 Å². The molecule has 0 atom stereocenters. The molecule has 27 heavy (non-hydrogen) atoms. The number of hydrazine groups is 1. The number of anilines is 1. The maximum absolute atomic E-state index is 12.4. The summed E-state index contributed by atoms with van der Waals surface area (Å²) in [6.07, 6.45) is 4.19. The summed E-state index contributed by atoms with van der Waals surface area (Å²) in [6.45, 7) is -0.965. The summed E-state index contributed by atoms with van der Waals surface area (Å²) in [5.74, 6) is 0.0935. The molecule has 0 fully saturated rings. The number of hydrogen-bond acceptors (Lipinski definition) is 7. The van der Waals surface area contributed by atoms with E-state index in [-0.39, 0.29) is 24.1 Å². The molecule has 1 aromatic heterocycles. The topological polar surface area (TPSA) is 94.6 Å². The molecule has 0 aliphatic heterocycles. The van der Waals surface area contributed by atoms with Crippen LogP contribution in [0.25, 0.3) is 6.08 Å². The second-order valence-electron chi connectivity index (χ2n) is 4.89. The Bertz CT molecular complexity index is 802. The Morgan fingerprint density at radius 3 is 2.81 bits per heavy atom. The quantitative estimate of drug-likeness (QED) is 0.510. The first kappa shape index (κ1) is 19.9. The van der Waals surface area contributed by atoms with E-state index in [1.807, 2.05) is 0 Å². The Hall–Kier alpha value is -3.43. The molecule has 2 N–H and O–H groups in total. The van der Waals surface area contributed by atoms with Crippen LogP contribution in [0.4, 0.5) is 14.7 Å². The van der Waals surface area contributed by atoms with Gasteiger partial charge in [0.2, 0.25) is 11.8 Å². The standard InChI is InChI=1S/C17H18F2N4O4/c1-3-26-13-10-11(4-6-12(13)27-16(18)19)5-7-14(24)22-23-17-20-9-8-15(21-17)25-2/h4-10,16H,3H2,1-2H3,(H,22,24)(H,20,21,23)/b7-5+. The third-order valence-corrected chi connectivity index (χ3v) is 3.05. The van der Waals surface area contributed by atoms with Gasteiger partial charge >= 0.3 is 6.61 Å². The van der Waals surface area contributed by atoms with Crippen molar-refractivity contribution in [3.05, 3.63) is 42.1 Å². The van der Waals surface area contributed by atoms with Crippen LogP contribution in [-0.4, -0.2) is 36.2 Å². The zero-order valence-corrected chi connectivity index (χ0v) is 14.6. The summed E-state index contributed by atoms with van der Waals surface area (Å²) in [5.41, 5.74) is 5.49. The monoisotopic (exact) mass is 380 g/mol. The lowest BCUT2D eigenvalue weighted by atomic mass is 10.2. The molecule has 2 rings (SSSR count). The highest BCUT2D eigenvalue weighted by Crippen LogP contribution is 2.30. The van der Waals surface area contributed by atoms with Gasteiger partial charge in [-0.05, 0) is 30.7 Å². The number of rotatable bonds is 9. The summed E-state index contributed by atoms with van der Waals surface area (Å²) in [5, 5.41) is 0. The van der Waals surface area contributed by atoms with Gasteiger partial charge in [0.05, 0.1) is 13.7 Å². The van der Waals surface area contributed by atoms with Crippen molar-refractivity contribution in [1.29, 1.82) is 0 Å². The van der Waals surface area contributed by atoms with Gasteiger partial charge in [-0.25, -0.2) is 4.98 Å². The third-order valence-electron chi connectivity index (χ3n) is 3.05. The molecule has 0 radical (unpaired) electrons. The van der Waals surface area contributed by atoms with Gasteiger partial charge in [-0.3, -0.25) is 15.6 Å². The molecule has 0 aliphatic rings. The molecular weight excluding hydrogens is 362 g/mol. The largest absolute Gasteiger partial charge is 0.490 e. The first-order chi connectivity index (χ1) is 13.0. The Kier molecular flexibility index (Phi) is 7.29. The van der Waals surface area contributed by atoms with Gasteiger partial charge < -0.3 is 14.2 Å². The average Bonchev–Trinajstić information content (AvgIpc) is 2.66. The number of carbonyl (C=O) groups is 1. The van der Waals surface area contributed by atoms with Crippen LogP contribution >= 0.6 is 0 Å².